The highest BCUT2D eigenvalue weighted by molar-refractivity contribution is 5.99. The lowest BCUT2D eigenvalue weighted by atomic mass is 9.95. The van der Waals surface area contributed by atoms with E-state index in [-0.39, 0.29) is 5.56 Å². The van der Waals surface area contributed by atoms with Gasteiger partial charge in [0.2, 0.25) is 0 Å². The molecule has 0 amide bonds. The molecule has 90 valence electrons. The molecule has 18 heavy (non-hydrogen) atoms. The molecule has 2 aromatic carbocycles. The highest BCUT2D eigenvalue weighted by Gasteiger charge is 2.18. The Balaban J connectivity index is 2.75. The molecule has 0 spiro atoms. The lowest BCUT2D eigenvalue weighted by molar-refractivity contribution is 0.0692. The van der Waals surface area contributed by atoms with Crippen LogP contribution in [0.4, 0.5) is 4.39 Å². The van der Waals surface area contributed by atoms with Gasteiger partial charge in [0.15, 0.2) is 6.29 Å². The molecule has 0 atom stereocenters. The Morgan fingerprint density at radius 3 is 2.39 bits per heavy atom. The summed E-state index contributed by atoms with van der Waals surface area (Å²) in [4.78, 5) is 22.0. The quantitative estimate of drug-likeness (QED) is 0.844. The number of aromatic carboxylic acids is 1. The summed E-state index contributed by atoms with van der Waals surface area (Å²) in [6, 6.07) is 10.4. The first kappa shape index (κ1) is 12.0. The SMILES string of the molecule is O=Cc1ccccc1-c1cccc(F)c1C(=O)O. The van der Waals surface area contributed by atoms with Crippen molar-refractivity contribution in [2.45, 2.75) is 0 Å². The number of carbonyl (C=O) groups is 2. The number of halogens is 1. The van der Waals surface area contributed by atoms with Crippen molar-refractivity contribution in [3.8, 4) is 11.1 Å². The fourth-order valence-electron chi connectivity index (χ4n) is 1.81. The first-order chi connectivity index (χ1) is 8.65. The van der Waals surface area contributed by atoms with Crippen molar-refractivity contribution in [3.63, 3.8) is 0 Å². The van der Waals surface area contributed by atoms with Gasteiger partial charge in [0.05, 0.1) is 0 Å². The van der Waals surface area contributed by atoms with Crippen LogP contribution in [0.1, 0.15) is 20.7 Å². The molecule has 0 unspecified atom stereocenters. The van der Waals surface area contributed by atoms with Crippen LogP contribution >= 0.6 is 0 Å². The van der Waals surface area contributed by atoms with Crippen molar-refractivity contribution >= 4 is 12.3 Å². The first-order valence-electron chi connectivity index (χ1n) is 5.21. The molecule has 0 radical (unpaired) electrons. The number of carboxylic acid groups (broad SMARTS) is 1. The molecule has 0 aliphatic rings. The van der Waals surface area contributed by atoms with Crippen molar-refractivity contribution in [1.82, 2.24) is 0 Å². The Morgan fingerprint density at radius 2 is 1.72 bits per heavy atom. The maximum Gasteiger partial charge on any atom is 0.339 e. The highest BCUT2D eigenvalue weighted by atomic mass is 19.1. The number of benzene rings is 2. The number of hydrogen-bond acceptors (Lipinski definition) is 2. The van der Waals surface area contributed by atoms with E-state index in [2.05, 4.69) is 0 Å². The normalized spacial score (nSPS) is 10.1. The van der Waals surface area contributed by atoms with E-state index in [1.807, 2.05) is 0 Å². The number of aldehydes is 1. The van der Waals surface area contributed by atoms with Crippen molar-refractivity contribution < 1.29 is 19.1 Å². The smallest absolute Gasteiger partial charge is 0.339 e. The van der Waals surface area contributed by atoms with Gasteiger partial charge in [-0.3, -0.25) is 4.79 Å². The van der Waals surface area contributed by atoms with Crippen LogP contribution in [-0.4, -0.2) is 17.4 Å². The molecule has 0 saturated carbocycles. The van der Waals surface area contributed by atoms with Gasteiger partial charge in [-0.2, -0.15) is 0 Å². The zero-order valence-corrected chi connectivity index (χ0v) is 9.26. The van der Waals surface area contributed by atoms with Gasteiger partial charge in [0, 0.05) is 5.56 Å². The average Bonchev–Trinajstić information content (AvgIpc) is 2.38. The van der Waals surface area contributed by atoms with Gasteiger partial charge < -0.3 is 5.11 Å². The molecular weight excluding hydrogens is 235 g/mol. The zero-order valence-electron chi connectivity index (χ0n) is 9.26. The molecule has 0 bridgehead atoms. The van der Waals surface area contributed by atoms with Crippen molar-refractivity contribution in [3.05, 3.63) is 59.4 Å². The summed E-state index contributed by atoms with van der Waals surface area (Å²) >= 11 is 0. The molecule has 0 heterocycles. The number of carbonyl (C=O) groups excluding carboxylic acids is 1. The predicted molar refractivity (Wildman–Crippen MR) is 64.2 cm³/mol. The van der Waals surface area contributed by atoms with E-state index >= 15 is 0 Å². The lowest BCUT2D eigenvalue weighted by Crippen LogP contribution is -2.04. The lowest BCUT2D eigenvalue weighted by Gasteiger charge is -2.09. The molecule has 2 rings (SSSR count). The summed E-state index contributed by atoms with van der Waals surface area (Å²) < 4.78 is 13.6. The highest BCUT2D eigenvalue weighted by Crippen LogP contribution is 2.28. The van der Waals surface area contributed by atoms with Gasteiger partial charge >= 0.3 is 5.97 Å². The van der Waals surface area contributed by atoms with E-state index in [4.69, 9.17) is 5.11 Å². The third kappa shape index (κ3) is 2.00. The van der Waals surface area contributed by atoms with Crippen molar-refractivity contribution in [2.24, 2.45) is 0 Å². The molecule has 3 nitrogen and oxygen atoms in total. The third-order valence-corrected chi connectivity index (χ3v) is 2.61. The summed E-state index contributed by atoms with van der Waals surface area (Å²) in [5.74, 6) is -2.18. The van der Waals surface area contributed by atoms with E-state index in [0.717, 1.165) is 6.07 Å². The molecule has 0 aromatic heterocycles. The number of carboxylic acids is 1. The van der Waals surface area contributed by atoms with Gasteiger partial charge in [0.1, 0.15) is 11.4 Å². The first-order valence-corrected chi connectivity index (χ1v) is 5.21. The molecule has 4 heteroatoms. The zero-order chi connectivity index (χ0) is 13.1. The predicted octanol–water partition coefficient (Wildman–Crippen LogP) is 3.00. The minimum atomic E-state index is -1.36. The fraction of sp³-hybridized carbons (Fsp3) is 0. The minimum absolute atomic E-state index is 0.199. The van der Waals surface area contributed by atoms with Crippen molar-refractivity contribution in [1.29, 1.82) is 0 Å². The Morgan fingerprint density at radius 1 is 1.06 bits per heavy atom. The van der Waals surface area contributed by atoms with Crippen LogP contribution < -0.4 is 0 Å². The second-order valence-corrected chi connectivity index (χ2v) is 3.67. The van der Waals surface area contributed by atoms with Crippen LogP contribution in [0.5, 0.6) is 0 Å². The van der Waals surface area contributed by atoms with Crippen LogP contribution in [0, 0.1) is 5.82 Å². The third-order valence-electron chi connectivity index (χ3n) is 2.61. The largest absolute Gasteiger partial charge is 0.478 e. The van der Waals surface area contributed by atoms with Crippen LogP contribution in [-0.2, 0) is 0 Å². The van der Waals surface area contributed by atoms with Crippen LogP contribution in [0.2, 0.25) is 0 Å². The van der Waals surface area contributed by atoms with Crippen LogP contribution in [0.25, 0.3) is 11.1 Å². The maximum atomic E-state index is 13.6. The second-order valence-electron chi connectivity index (χ2n) is 3.67. The minimum Gasteiger partial charge on any atom is -0.478 e. The summed E-state index contributed by atoms with van der Waals surface area (Å²) in [7, 11) is 0. The molecule has 2 aromatic rings. The second kappa shape index (κ2) is 4.79. The van der Waals surface area contributed by atoms with Gasteiger partial charge in [-0.25, -0.2) is 9.18 Å². The molecule has 0 aliphatic heterocycles. The summed E-state index contributed by atoms with van der Waals surface area (Å²) in [6.07, 6.45) is 0.617. The van der Waals surface area contributed by atoms with Gasteiger partial charge in [0.25, 0.3) is 0 Å². The fourth-order valence-corrected chi connectivity index (χ4v) is 1.81. The molecule has 0 fully saturated rings. The Labute approximate surface area is 103 Å². The van der Waals surface area contributed by atoms with Crippen LogP contribution in [0.15, 0.2) is 42.5 Å². The van der Waals surface area contributed by atoms with E-state index in [0.29, 0.717) is 17.4 Å². The summed E-state index contributed by atoms with van der Waals surface area (Å²) in [5.41, 5.74) is 0.506. The van der Waals surface area contributed by atoms with E-state index in [9.17, 15) is 14.0 Å². The average molecular weight is 244 g/mol. The maximum absolute atomic E-state index is 13.6. The summed E-state index contributed by atoms with van der Waals surface area (Å²) in [5, 5.41) is 9.04. The Bertz CT molecular complexity index is 620. The van der Waals surface area contributed by atoms with Gasteiger partial charge in [-0.05, 0) is 17.2 Å². The van der Waals surface area contributed by atoms with Crippen LogP contribution in [0.3, 0.4) is 0 Å². The molecule has 1 N–H and O–H groups in total. The monoisotopic (exact) mass is 244 g/mol. The van der Waals surface area contributed by atoms with Gasteiger partial charge in [-0.1, -0.05) is 36.4 Å². The topological polar surface area (TPSA) is 54.4 Å². The number of hydrogen-bond donors (Lipinski definition) is 1. The number of rotatable bonds is 3. The van der Waals surface area contributed by atoms with E-state index in [1.54, 1.807) is 24.3 Å². The van der Waals surface area contributed by atoms with E-state index in [1.165, 1.54) is 12.1 Å². The standard InChI is InChI=1S/C14H9FO3/c15-12-7-3-6-11(13(12)14(17)18)10-5-2-1-4-9(10)8-16/h1-8H,(H,17,18). The molecule has 0 saturated heterocycles. The van der Waals surface area contributed by atoms with Gasteiger partial charge in [-0.15, -0.1) is 0 Å². The van der Waals surface area contributed by atoms with Crippen molar-refractivity contribution in [2.75, 3.05) is 0 Å². The summed E-state index contributed by atoms with van der Waals surface area (Å²) in [6.45, 7) is 0. The Kier molecular flexibility index (Phi) is 3.19. The Hall–Kier alpha value is -2.49. The van der Waals surface area contributed by atoms with E-state index < -0.39 is 17.3 Å². The molecule has 0 aliphatic carbocycles. The molecular formula is C14H9FO3.